The second-order valence-electron chi connectivity index (χ2n) is 5.87. The van der Waals surface area contributed by atoms with E-state index >= 15 is 0 Å². The Morgan fingerprint density at radius 1 is 1.16 bits per heavy atom. The summed E-state index contributed by atoms with van der Waals surface area (Å²) in [6.07, 6.45) is 0.168. The van der Waals surface area contributed by atoms with Gasteiger partial charge in [0.05, 0.1) is 12.5 Å². The van der Waals surface area contributed by atoms with Crippen LogP contribution in [0.2, 0.25) is 0 Å². The van der Waals surface area contributed by atoms with Crippen LogP contribution in [0, 0.1) is 0 Å². The Balaban J connectivity index is 2.74. The van der Waals surface area contributed by atoms with Crippen LogP contribution in [0.5, 0.6) is 0 Å². The minimum absolute atomic E-state index is 0.155. The lowest BCUT2D eigenvalue weighted by molar-refractivity contribution is -0.144. The molecule has 0 aromatic rings. The quantitative estimate of drug-likeness (QED) is 0.289. The Hall–Kier alpha value is -2.69. The number of carbonyl (C=O) groups is 5. The molecule has 0 spiro atoms. The Kier molecular flexibility index (Phi) is 7.30. The molecule has 1 saturated heterocycles. The molecule has 25 heavy (non-hydrogen) atoms. The number of nitrogens with two attached hydrogens (primary N) is 3. The lowest BCUT2D eigenvalue weighted by atomic mass is 10.1. The van der Waals surface area contributed by atoms with Gasteiger partial charge >= 0.3 is 5.97 Å². The van der Waals surface area contributed by atoms with Gasteiger partial charge in [0.2, 0.25) is 23.6 Å². The molecule has 140 valence electrons. The highest BCUT2D eigenvalue weighted by molar-refractivity contribution is 5.94. The zero-order valence-electron chi connectivity index (χ0n) is 13.6. The van der Waals surface area contributed by atoms with Gasteiger partial charge in [-0.3, -0.25) is 19.2 Å². The molecule has 0 radical (unpaired) electrons. The fourth-order valence-corrected chi connectivity index (χ4v) is 2.63. The van der Waals surface area contributed by atoms with Gasteiger partial charge in [-0.1, -0.05) is 0 Å². The Morgan fingerprint density at radius 2 is 1.80 bits per heavy atom. The van der Waals surface area contributed by atoms with Crippen LogP contribution >= 0.6 is 0 Å². The number of hydrogen-bond donors (Lipinski definition) is 5. The first kappa shape index (κ1) is 20.4. The molecule has 0 saturated carbocycles. The Bertz CT molecular complexity index is 566. The van der Waals surface area contributed by atoms with Gasteiger partial charge in [0.1, 0.15) is 12.1 Å². The summed E-state index contributed by atoms with van der Waals surface area (Å²) in [5.74, 6) is -3.99. The van der Waals surface area contributed by atoms with Crippen molar-refractivity contribution in [2.45, 2.75) is 50.2 Å². The molecule has 0 bridgehead atoms. The summed E-state index contributed by atoms with van der Waals surface area (Å²) in [6, 6.07) is -3.34. The standard InChI is InChI=1S/C14H23N5O6/c15-7(6-11(17)21)13(23)19-5-1-2-9(19)12(22)18-8(14(24)25)3-4-10(16)20/h7-9H,1-6,15H2,(H2,16,20)(H2,17,21)(H,18,22)(H,24,25)/t7-,8-,9-/m0/s1. The lowest BCUT2D eigenvalue weighted by Crippen LogP contribution is -2.54. The molecule has 11 heteroatoms. The minimum Gasteiger partial charge on any atom is -0.480 e. The average Bonchev–Trinajstić information content (AvgIpc) is 2.98. The van der Waals surface area contributed by atoms with Gasteiger partial charge in [0.25, 0.3) is 0 Å². The van der Waals surface area contributed by atoms with E-state index in [4.69, 9.17) is 22.3 Å². The molecule has 4 amide bonds. The number of carboxylic acid groups (broad SMARTS) is 1. The predicted molar refractivity (Wildman–Crippen MR) is 84.5 cm³/mol. The van der Waals surface area contributed by atoms with Gasteiger partial charge in [0.15, 0.2) is 0 Å². The number of carbonyl (C=O) groups excluding carboxylic acids is 4. The molecule has 0 aromatic heterocycles. The zero-order chi connectivity index (χ0) is 19.1. The number of nitrogens with zero attached hydrogens (tertiary/aromatic N) is 1. The molecule has 0 aliphatic carbocycles. The molecular weight excluding hydrogens is 334 g/mol. The SMILES string of the molecule is NC(=O)CC[C@H](NC(=O)[C@@H]1CCCN1C(=O)[C@@H](N)CC(N)=O)C(=O)O. The van der Waals surface area contributed by atoms with E-state index in [2.05, 4.69) is 5.32 Å². The highest BCUT2D eigenvalue weighted by Gasteiger charge is 2.37. The summed E-state index contributed by atoms with van der Waals surface area (Å²) in [5.41, 5.74) is 15.6. The van der Waals surface area contributed by atoms with Gasteiger partial charge in [0, 0.05) is 13.0 Å². The van der Waals surface area contributed by atoms with E-state index in [9.17, 15) is 24.0 Å². The minimum atomic E-state index is -1.31. The third-order valence-corrected chi connectivity index (χ3v) is 3.87. The van der Waals surface area contributed by atoms with Crippen molar-refractivity contribution in [3.63, 3.8) is 0 Å². The fourth-order valence-electron chi connectivity index (χ4n) is 2.63. The lowest BCUT2D eigenvalue weighted by Gasteiger charge is -2.27. The van der Waals surface area contributed by atoms with Gasteiger partial charge in [-0.25, -0.2) is 4.79 Å². The molecule has 8 N–H and O–H groups in total. The topological polar surface area (TPSA) is 199 Å². The van der Waals surface area contributed by atoms with Gasteiger partial charge < -0.3 is 32.5 Å². The number of aliphatic carboxylic acids is 1. The van der Waals surface area contributed by atoms with Crippen LogP contribution in [-0.4, -0.2) is 64.3 Å². The maximum atomic E-state index is 12.3. The second-order valence-corrected chi connectivity index (χ2v) is 5.87. The summed E-state index contributed by atoms with van der Waals surface area (Å²) in [6.45, 7) is 0.266. The molecule has 1 heterocycles. The van der Waals surface area contributed by atoms with Crippen LogP contribution in [0.25, 0.3) is 0 Å². The van der Waals surface area contributed by atoms with Crippen LogP contribution in [-0.2, 0) is 24.0 Å². The number of hydrogen-bond acceptors (Lipinski definition) is 6. The van der Waals surface area contributed by atoms with E-state index in [0.717, 1.165) is 0 Å². The summed E-state index contributed by atoms with van der Waals surface area (Å²) in [5, 5.41) is 11.4. The monoisotopic (exact) mass is 357 g/mol. The molecule has 3 atom stereocenters. The van der Waals surface area contributed by atoms with E-state index in [1.165, 1.54) is 4.90 Å². The number of rotatable bonds is 9. The fraction of sp³-hybridized carbons (Fsp3) is 0.643. The highest BCUT2D eigenvalue weighted by Crippen LogP contribution is 2.19. The Labute approximate surface area is 143 Å². The first-order chi connectivity index (χ1) is 11.6. The first-order valence-corrected chi connectivity index (χ1v) is 7.79. The van der Waals surface area contributed by atoms with Crippen molar-refractivity contribution in [3.05, 3.63) is 0 Å². The molecule has 11 nitrogen and oxygen atoms in total. The Morgan fingerprint density at radius 3 is 2.32 bits per heavy atom. The van der Waals surface area contributed by atoms with Gasteiger partial charge in [-0.2, -0.15) is 0 Å². The van der Waals surface area contributed by atoms with E-state index < -0.39 is 47.7 Å². The zero-order valence-corrected chi connectivity index (χ0v) is 13.6. The smallest absolute Gasteiger partial charge is 0.326 e. The molecule has 1 rings (SSSR count). The summed E-state index contributed by atoms with van der Waals surface area (Å²) in [7, 11) is 0. The maximum absolute atomic E-state index is 12.3. The normalized spacial score (nSPS) is 19.1. The summed E-state index contributed by atoms with van der Waals surface area (Å²) < 4.78 is 0. The van der Waals surface area contributed by atoms with Crippen molar-refractivity contribution in [3.8, 4) is 0 Å². The van der Waals surface area contributed by atoms with Crippen molar-refractivity contribution < 1.29 is 29.1 Å². The van der Waals surface area contributed by atoms with Crippen LogP contribution in [0.3, 0.4) is 0 Å². The number of nitrogens with one attached hydrogen (secondary N) is 1. The number of carboxylic acids is 1. The summed E-state index contributed by atoms with van der Waals surface area (Å²) in [4.78, 5) is 58.7. The van der Waals surface area contributed by atoms with Gasteiger partial charge in [-0.15, -0.1) is 0 Å². The number of amides is 4. The van der Waals surface area contributed by atoms with Crippen LogP contribution in [0.1, 0.15) is 32.1 Å². The second kappa shape index (κ2) is 8.97. The third kappa shape index (κ3) is 6.03. The van der Waals surface area contributed by atoms with Gasteiger partial charge in [-0.05, 0) is 19.3 Å². The van der Waals surface area contributed by atoms with E-state index in [-0.39, 0.29) is 25.8 Å². The first-order valence-electron chi connectivity index (χ1n) is 7.79. The highest BCUT2D eigenvalue weighted by atomic mass is 16.4. The molecule has 1 aliphatic heterocycles. The van der Waals surface area contributed by atoms with Crippen molar-refractivity contribution >= 4 is 29.6 Å². The molecule has 1 fully saturated rings. The van der Waals surface area contributed by atoms with Crippen molar-refractivity contribution in [2.24, 2.45) is 17.2 Å². The number of primary amides is 2. The van der Waals surface area contributed by atoms with Crippen LogP contribution in [0.4, 0.5) is 0 Å². The van der Waals surface area contributed by atoms with Crippen molar-refractivity contribution in [1.29, 1.82) is 0 Å². The van der Waals surface area contributed by atoms with Crippen LogP contribution in [0.15, 0.2) is 0 Å². The molecular formula is C14H23N5O6. The van der Waals surface area contributed by atoms with Crippen molar-refractivity contribution in [2.75, 3.05) is 6.54 Å². The maximum Gasteiger partial charge on any atom is 0.326 e. The molecule has 1 aliphatic rings. The van der Waals surface area contributed by atoms with Crippen molar-refractivity contribution in [1.82, 2.24) is 10.2 Å². The third-order valence-electron chi connectivity index (χ3n) is 3.87. The summed E-state index contributed by atoms with van der Waals surface area (Å²) >= 11 is 0. The van der Waals surface area contributed by atoms with E-state index in [1.54, 1.807) is 0 Å². The van der Waals surface area contributed by atoms with Crippen LogP contribution < -0.4 is 22.5 Å². The molecule has 0 unspecified atom stereocenters. The molecule has 0 aromatic carbocycles. The average molecular weight is 357 g/mol. The predicted octanol–water partition coefficient (Wildman–Crippen LogP) is -2.98. The van der Waals surface area contributed by atoms with E-state index in [0.29, 0.717) is 12.8 Å². The van der Waals surface area contributed by atoms with E-state index in [1.807, 2.05) is 0 Å². The largest absolute Gasteiger partial charge is 0.480 e. The number of likely N-dealkylation sites (tertiary alicyclic amines) is 1.